The SMILES string of the molecule is C=C(/C=C\C)C(=C)NC1=CC(=O)NCC1.C=C(C)c1cccc(CC)c1. The van der Waals surface area contributed by atoms with E-state index in [-0.39, 0.29) is 5.91 Å². The predicted octanol–water partition coefficient (Wildman–Crippen LogP) is 4.91. The van der Waals surface area contributed by atoms with Crippen molar-refractivity contribution in [3.05, 3.63) is 90.3 Å². The van der Waals surface area contributed by atoms with E-state index in [1.165, 1.54) is 11.1 Å². The lowest BCUT2D eigenvalue weighted by Gasteiger charge is -2.17. The molecule has 0 saturated heterocycles. The van der Waals surface area contributed by atoms with E-state index in [1.807, 2.05) is 26.0 Å². The highest BCUT2D eigenvalue weighted by Gasteiger charge is 2.09. The third-order valence-electron chi connectivity index (χ3n) is 3.89. The number of hydrogen-bond acceptors (Lipinski definition) is 2. The van der Waals surface area contributed by atoms with Gasteiger partial charge >= 0.3 is 0 Å². The van der Waals surface area contributed by atoms with E-state index in [1.54, 1.807) is 6.08 Å². The van der Waals surface area contributed by atoms with Crippen LogP contribution >= 0.6 is 0 Å². The zero-order valence-electron chi connectivity index (χ0n) is 16.2. The summed E-state index contributed by atoms with van der Waals surface area (Å²) in [6.45, 7) is 18.4. The Morgan fingerprint density at radius 2 is 2.04 bits per heavy atom. The number of carbonyl (C=O) groups is 1. The van der Waals surface area contributed by atoms with Gasteiger partial charge in [0, 0.05) is 30.4 Å². The number of nitrogens with one attached hydrogen (secondary N) is 2. The van der Waals surface area contributed by atoms with Gasteiger partial charge in [0.15, 0.2) is 0 Å². The van der Waals surface area contributed by atoms with Crippen molar-refractivity contribution in [2.75, 3.05) is 6.54 Å². The van der Waals surface area contributed by atoms with Gasteiger partial charge < -0.3 is 10.6 Å². The van der Waals surface area contributed by atoms with Crippen LogP contribution in [0.2, 0.25) is 0 Å². The van der Waals surface area contributed by atoms with E-state index < -0.39 is 0 Å². The van der Waals surface area contributed by atoms with Crippen molar-refractivity contribution in [2.24, 2.45) is 0 Å². The Hall–Kier alpha value is -2.81. The zero-order chi connectivity index (χ0) is 19.5. The molecule has 0 aromatic heterocycles. The van der Waals surface area contributed by atoms with E-state index in [9.17, 15) is 4.79 Å². The highest BCUT2D eigenvalue weighted by Crippen LogP contribution is 2.13. The number of benzene rings is 1. The van der Waals surface area contributed by atoms with Crippen LogP contribution in [0.15, 0.2) is 79.2 Å². The van der Waals surface area contributed by atoms with Gasteiger partial charge in [0.05, 0.1) is 0 Å². The summed E-state index contributed by atoms with van der Waals surface area (Å²) in [5.74, 6) is -0.0619. The van der Waals surface area contributed by atoms with E-state index in [4.69, 9.17) is 0 Å². The van der Waals surface area contributed by atoms with Crippen LogP contribution in [0.4, 0.5) is 0 Å². The zero-order valence-corrected chi connectivity index (χ0v) is 16.2. The first-order valence-electron chi connectivity index (χ1n) is 8.88. The molecule has 2 N–H and O–H groups in total. The summed E-state index contributed by atoms with van der Waals surface area (Å²) < 4.78 is 0. The van der Waals surface area contributed by atoms with Gasteiger partial charge in [0.25, 0.3) is 0 Å². The average Bonchev–Trinajstić information content (AvgIpc) is 2.62. The van der Waals surface area contributed by atoms with Gasteiger partial charge in [-0.25, -0.2) is 0 Å². The average molecular weight is 351 g/mol. The van der Waals surface area contributed by atoms with Gasteiger partial charge in [0.2, 0.25) is 5.91 Å². The van der Waals surface area contributed by atoms with Crippen molar-refractivity contribution in [1.29, 1.82) is 0 Å². The standard InChI is InChI=1S/C12H16N2O.C11H14/c1-4-5-9(2)10(3)14-11-6-7-13-12(15)8-11;1-4-10-6-5-7-11(8-10)9(2)3/h4-5,8,14H,2-3,6-7H2,1H3,(H,13,15);5-8H,2,4H2,1,3H3/b5-4-;. The number of carbonyl (C=O) groups excluding carboxylic acids is 1. The monoisotopic (exact) mass is 350 g/mol. The third kappa shape index (κ3) is 7.39. The number of allylic oxidation sites excluding steroid dienone is 3. The smallest absolute Gasteiger partial charge is 0.245 e. The lowest BCUT2D eigenvalue weighted by Crippen LogP contribution is -2.30. The Kier molecular flexibility index (Phi) is 8.93. The molecule has 0 bridgehead atoms. The lowest BCUT2D eigenvalue weighted by atomic mass is 10.0. The maximum atomic E-state index is 11.1. The first-order chi connectivity index (χ1) is 12.4. The fourth-order valence-corrected chi connectivity index (χ4v) is 2.33. The van der Waals surface area contributed by atoms with Crippen LogP contribution in [0.5, 0.6) is 0 Å². The molecule has 0 fully saturated rings. The molecular formula is C23H30N2O. The van der Waals surface area contributed by atoms with Crippen molar-refractivity contribution in [2.45, 2.75) is 33.6 Å². The summed E-state index contributed by atoms with van der Waals surface area (Å²) in [5.41, 5.74) is 6.21. The molecule has 1 aromatic carbocycles. The number of amides is 1. The Labute approximate surface area is 157 Å². The fourth-order valence-electron chi connectivity index (χ4n) is 2.33. The van der Waals surface area contributed by atoms with Gasteiger partial charge in [0.1, 0.15) is 0 Å². The van der Waals surface area contributed by atoms with Crippen LogP contribution in [0, 0.1) is 0 Å². The van der Waals surface area contributed by atoms with E-state index >= 15 is 0 Å². The molecule has 1 aliphatic rings. The number of hydrogen-bond donors (Lipinski definition) is 2. The number of rotatable bonds is 6. The molecule has 0 spiro atoms. The Morgan fingerprint density at radius 1 is 1.31 bits per heavy atom. The molecule has 0 saturated carbocycles. The van der Waals surface area contributed by atoms with Crippen LogP contribution in [0.1, 0.15) is 38.3 Å². The molecule has 1 aromatic rings. The summed E-state index contributed by atoms with van der Waals surface area (Å²) in [5, 5.41) is 5.81. The quantitative estimate of drug-likeness (QED) is 0.716. The molecule has 3 heteroatoms. The van der Waals surface area contributed by atoms with Gasteiger partial charge in [-0.1, -0.05) is 68.7 Å². The first kappa shape index (κ1) is 21.2. The summed E-state index contributed by atoms with van der Waals surface area (Å²) in [7, 11) is 0. The summed E-state index contributed by atoms with van der Waals surface area (Å²) in [6.07, 6.45) is 7.22. The molecule has 0 atom stereocenters. The normalized spacial score (nSPS) is 13.2. The Bertz CT molecular complexity index is 738. The van der Waals surface area contributed by atoms with Crippen molar-refractivity contribution in [3.63, 3.8) is 0 Å². The third-order valence-corrected chi connectivity index (χ3v) is 3.89. The van der Waals surface area contributed by atoms with Gasteiger partial charge in [-0.15, -0.1) is 0 Å². The fraction of sp³-hybridized carbons (Fsp3) is 0.261. The molecule has 0 aliphatic carbocycles. The van der Waals surface area contributed by atoms with Crippen molar-refractivity contribution >= 4 is 11.5 Å². The molecule has 0 unspecified atom stereocenters. The minimum absolute atomic E-state index is 0.0619. The highest BCUT2D eigenvalue weighted by molar-refractivity contribution is 5.89. The van der Waals surface area contributed by atoms with Crippen LogP contribution < -0.4 is 10.6 Å². The predicted molar refractivity (Wildman–Crippen MR) is 112 cm³/mol. The molecule has 138 valence electrons. The Balaban J connectivity index is 0.000000273. The first-order valence-corrected chi connectivity index (χ1v) is 8.88. The Morgan fingerprint density at radius 3 is 2.62 bits per heavy atom. The molecule has 3 nitrogen and oxygen atoms in total. The second-order valence-electron chi connectivity index (χ2n) is 6.17. The minimum Gasteiger partial charge on any atom is -0.359 e. The van der Waals surface area contributed by atoms with Gasteiger partial charge in [-0.05, 0) is 37.0 Å². The van der Waals surface area contributed by atoms with Crippen LogP contribution in [-0.4, -0.2) is 12.5 Å². The molecule has 1 heterocycles. The molecular weight excluding hydrogens is 320 g/mol. The molecule has 1 aliphatic heterocycles. The van der Waals surface area contributed by atoms with Crippen LogP contribution in [-0.2, 0) is 11.2 Å². The summed E-state index contributed by atoms with van der Waals surface area (Å²) in [6, 6.07) is 8.53. The van der Waals surface area contributed by atoms with Gasteiger partial charge in [-0.2, -0.15) is 0 Å². The second kappa shape index (κ2) is 10.9. The van der Waals surface area contributed by atoms with E-state index in [0.29, 0.717) is 6.54 Å². The lowest BCUT2D eigenvalue weighted by molar-refractivity contribution is -0.116. The van der Waals surface area contributed by atoms with Gasteiger partial charge in [-0.3, -0.25) is 4.79 Å². The van der Waals surface area contributed by atoms with E-state index in [0.717, 1.165) is 35.4 Å². The minimum atomic E-state index is -0.0619. The van der Waals surface area contributed by atoms with E-state index in [2.05, 4.69) is 61.6 Å². The molecule has 1 amide bonds. The van der Waals surface area contributed by atoms with Crippen molar-refractivity contribution < 1.29 is 4.79 Å². The highest BCUT2D eigenvalue weighted by atomic mass is 16.1. The van der Waals surface area contributed by atoms with Crippen LogP contribution in [0.25, 0.3) is 5.57 Å². The second-order valence-corrected chi connectivity index (χ2v) is 6.17. The number of aryl methyl sites for hydroxylation is 1. The van der Waals surface area contributed by atoms with Crippen molar-refractivity contribution in [1.82, 2.24) is 10.6 Å². The largest absolute Gasteiger partial charge is 0.359 e. The van der Waals surface area contributed by atoms with Crippen molar-refractivity contribution in [3.8, 4) is 0 Å². The summed E-state index contributed by atoms with van der Waals surface area (Å²) in [4.78, 5) is 11.1. The maximum absolute atomic E-state index is 11.1. The van der Waals surface area contributed by atoms with Crippen LogP contribution in [0.3, 0.4) is 0 Å². The summed E-state index contributed by atoms with van der Waals surface area (Å²) >= 11 is 0. The maximum Gasteiger partial charge on any atom is 0.245 e. The topological polar surface area (TPSA) is 41.1 Å². The molecule has 2 rings (SSSR count). The molecule has 26 heavy (non-hydrogen) atoms. The molecule has 0 radical (unpaired) electrons.